The van der Waals surface area contributed by atoms with Crippen LogP contribution in [-0.2, 0) is 6.42 Å². The fourth-order valence-electron chi connectivity index (χ4n) is 5.23. The minimum Gasteiger partial charge on any atom is -0.207 e. The maximum absolute atomic E-state index is 15.1. The van der Waals surface area contributed by atoms with Gasteiger partial charge in [-0.15, -0.1) is 0 Å². The largest absolute Gasteiger partial charge is 0.207 e. The Kier molecular flexibility index (Phi) is 7.92. The van der Waals surface area contributed by atoms with Crippen molar-refractivity contribution in [1.29, 1.82) is 0 Å². The molecule has 0 aromatic heterocycles. The molecule has 3 heteroatoms. The fraction of sp³-hybridized carbons (Fsp3) is 0.355. The molecule has 0 saturated heterocycles. The Bertz CT molecular complexity index is 1140. The second-order valence-electron chi connectivity index (χ2n) is 9.43. The Morgan fingerprint density at radius 1 is 0.794 bits per heavy atom. The number of rotatable bonds is 7. The summed E-state index contributed by atoms with van der Waals surface area (Å²) in [4.78, 5) is 0. The van der Waals surface area contributed by atoms with Crippen LogP contribution in [0.4, 0.5) is 13.2 Å². The topological polar surface area (TPSA) is 0 Å². The third kappa shape index (κ3) is 5.29. The molecule has 0 unspecified atom stereocenters. The summed E-state index contributed by atoms with van der Waals surface area (Å²) >= 11 is 0. The van der Waals surface area contributed by atoms with E-state index in [-0.39, 0.29) is 11.4 Å². The van der Waals surface area contributed by atoms with Gasteiger partial charge in [-0.1, -0.05) is 67.6 Å². The monoisotopic (exact) mass is 462 g/mol. The number of benzene rings is 3. The van der Waals surface area contributed by atoms with E-state index in [2.05, 4.69) is 19.1 Å². The SMILES string of the molecule is C/C=C/CCC1CCC(c2ccc(-c3ccc(-c4ccc(CC)c(F)c4F)cc3)cc2F)CC1. The van der Waals surface area contributed by atoms with Gasteiger partial charge in [-0.05, 0) is 97.6 Å². The second-order valence-corrected chi connectivity index (χ2v) is 9.43. The molecule has 178 valence electrons. The molecule has 0 N–H and O–H groups in total. The van der Waals surface area contributed by atoms with Gasteiger partial charge in [0.15, 0.2) is 11.6 Å². The smallest absolute Gasteiger partial charge is 0.166 e. The molecular weight excluding hydrogens is 429 g/mol. The maximum atomic E-state index is 15.1. The molecule has 0 heterocycles. The Hall–Kier alpha value is -2.81. The van der Waals surface area contributed by atoms with Crippen LogP contribution in [0.2, 0.25) is 0 Å². The Morgan fingerprint density at radius 3 is 2.12 bits per heavy atom. The Labute approximate surface area is 201 Å². The lowest BCUT2D eigenvalue weighted by atomic mass is 9.77. The third-order valence-corrected chi connectivity index (χ3v) is 7.34. The quantitative estimate of drug-likeness (QED) is 0.307. The van der Waals surface area contributed by atoms with E-state index in [1.807, 2.05) is 24.3 Å². The summed E-state index contributed by atoms with van der Waals surface area (Å²) in [6.45, 7) is 3.86. The van der Waals surface area contributed by atoms with Crippen LogP contribution in [-0.4, -0.2) is 0 Å². The highest BCUT2D eigenvalue weighted by Gasteiger charge is 2.24. The zero-order valence-corrected chi connectivity index (χ0v) is 20.1. The van der Waals surface area contributed by atoms with E-state index in [1.54, 1.807) is 37.3 Å². The van der Waals surface area contributed by atoms with Crippen LogP contribution >= 0.6 is 0 Å². The van der Waals surface area contributed by atoms with Crippen LogP contribution in [0, 0.1) is 23.4 Å². The molecule has 34 heavy (non-hydrogen) atoms. The molecule has 0 atom stereocenters. The van der Waals surface area contributed by atoms with E-state index in [9.17, 15) is 8.78 Å². The molecule has 0 aliphatic heterocycles. The first-order valence-electron chi connectivity index (χ1n) is 12.5. The fourth-order valence-corrected chi connectivity index (χ4v) is 5.23. The van der Waals surface area contributed by atoms with Crippen LogP contribution in [0.5, 0.6) is 0 Å². The minimum atomic E-state index is -0.820. The van der Waals surface area contributed by atoms with Gasteiger partial charge >= 0.3 is 0 Å². The Balaban J connectivity index is 1.46. The summed E-state index contributed by atoms with van der Waals surface area (Å²) in [5, 5.41) is 0. The van der Waals surface area contributed by atoms with Crippen molar-refractivity contribution in [3.63, 3.8) is 0 Å². The van der Waals surface area contributed by atoms with E-state index >= 15 is 4.39 Å². The molecule has 1 aliphatic carbocycles. The van der Waals surface area contributed by atoms with Gasteiger partial charge in [0.25, 0.3) is 0 Å². The van der Waals surface area contributed by atoms with E-state index in [0.717, 1.165) is 41.9 Å². The summed E-state index contributed by atoms with van der Waals surface area (Å²) in [5.41, 5.74) is 3.68. The van der Waals surface area contributed by atoms with Crippen molar-refractivity contribution in [3.8, 4) is 22.3 Å². The predicted molar refractivity (Wildman–Crippen MR) is 135 cm³/mol. The lowest BCUT2D eigenvalue weighted by Gasteiger charge is -2.29. The predicted octanol–water partition coefficient (Wildman–Crippen LogP) is 9.63. The van der Waals surface area contributed by atoms with E-state index in [1.165, 1.54) is 19.3 Å². The van der Waals surface area contributed by atoms with Gasteiger partial charge in [0.1, 0.15) is 5.82 Å². The van der Waals surface area contributed by atoms with Crippen molar-refractivity contribution in [2.75, 3.05) is 0 Å². The molecule has 3 aromatic rings. The molecule has 0 nitrogen and oxygen atoms in total. The third-order valence-electron chi connectivity index (χ3n) is 7.34. The number of allylic oxidation sites excluding steroid dienone is 2. The summed E-state index contributed by atoms with van der Waals surface area (Å²) in [6, 6.07) is 16.0. The van der Waals surface area contributed by atoms with Crippen molar-refractivity contribution >= 4 is 0 Å². The molecule has 0 bridgehead atoms. The average Bonchev–Trinajstić information content (AvgIpc) is 2.86. The molecule has 3 aromatic carbocycles. The van der Waals surface area contributed by atoms with Crippen molar-refractivity contribution in [3.05, 3.63) is 95.3 Å². The molecule has 0 spiro atoms. The molecule has 1 fully saturated rings. The molecule has 4 rings (SSSR count). The van der Waals surface area contributed by atoms with Gasteiger partial charge in [0.05, 0.1) is 0 Å². The van der Waals surface area contributed by atoms with Gasteiger partial charge in [-0.25, -0.2) is 13.2 Å². The number of hydrogen-bond acceptors (Lipinski definition) is 0. The van der Waals surface area contributed by atoms with Crippen molar-refractivity contribution in [2.24, 2.45) is 5.92 Å². The second kappa shape index (κ2) is 11.1. The zero-order chi connectivity index (χ0) is 24.1. The number of hydrogen-bond donors (Lipinski definition) is 0. The van der Waals surface area contributed by atoms with Gasteiger partial charge in [0, 0.05) is 5.56 Å². The number of halogens is 3. The summed E-state index contributed by atoms with van der Waals surface area (Å²) in [6.07, 6.45) is 11.6. The van der Waals surface area contributed by atoms with Crippen LogP contribution < -0.4 is 0 Å². The first kappa shape index (κ1) is 24.3. The van der Waals surface area contributed by atoms with Crippen LogP contribution in [0.3, 0.4) is 0 Å². The molecule has 1 aliphatic rings. The van der Waals surface area contributed by atoms with Gasteiger partial charge in [0.2, 0.25) is 0 Å². The van der Waals surface area contributed by atoms with E-state index in [0.29, 0.717) is 23.5 Å². The Morgan fingerprint density at radius 2 is 1.47 bits per heavy atom. The summed E-state index contributed by atoms with van der Waals surface area (Å²) < 4.78 is 43.8. The first-order valence-corrected chi connectivity index (χ1v) is 12.5. The molecule has 0 radical (unpaired) electrons. The van der Waals surface area contributed by atoms with Crippen LogP contribution in [0.15, 0.2) is 66.7 Å². The first-order chi connectivity index (χ1) is 16.5. The van der Waals surface area contributed by atoms with Gasteiger partial charge in [-0.3, -0.25) is 0 Å². The highest BCUT2D eigenvalue weighted by atomic mass is 19.2. The lowest BCUT2D eigenvalue weighted by Crippen LogP contribution is -2.14. The maximum Gasteiger partial charge on any atom is 0.166 e. The normalized spacial score (nSPS) is 18.5. The molecule has 1 saturated carbocycles. The standard InChI is InChI=1S/C31H33F3/c1-3-5-6-7-21-8-10-24(11-9-21)27-18-17-26(20-29(27)32)23-12-14-25(15-13-23)28-19-16-22(4-2)30(33)31(28)34/h3,5,12-21,24H,4,6-11H2,1-2H3/b5-3+. The summed E-state index contributed by atoms with van der Waals surface area (Å²) in [7, 11) is 0. The molecule has 0 amide bonds. The van der Waals surface area contributed by atoms with E-state index < -0.39 is 11.6 Å². The number of aryl methyl sites for hydroxylation is 1. The zero-order valence-electron chi connectivity index (χ0n) is 20.1. The van der Waals surface area contributed by atoms with E-state index in [4.69, 9.17) is 0 Å². The average molecular weight is 463 g/mol. The van der Waals surface area contributed by atoms with Crippen LogP contribution in [0.25, 0.3) is 22.3 Å². The van der Waals surface area contributed by atoms with Crippen molar-refractivity contribution in [1.82, 2.24) is 0 Å². The minimum absolute atomic E-state index is 0.151. The molecular formula is C31H33F3. The summed E-state index contributed by atoms with van der Waals surface area (Å²) in [5.74, 6) is -0.710. The lowest BCUT2D eigenvalue weighted by molar-refractivity contribution is 0.308. The van der Waals surface area contributed by atoms with Crippen molar-refractivity contribution < 1.29 is 13.2 Å². The van der Waals surface area contributed by atoms with Crippen molar-refractivity contribution in [2.45, 2.75) is 64.7 Å². The van der Waals surface area contributed by atoms with Gasteiger partial charge in [-0.2, -0.15) is 0 Å². The highest BCUT2D eigenvalue weighted by molar-refractivity contribution is 5.71. The van der Waals surface area contributed by atoms with Gasteiger partial charge < -0.3 is 0 Å². The van der Waals surface area contributed by atoms with Crippen LogP contribution in [0.1, 0.15) is 69.4 Å². The highest BCUT2D eigenvalue weighted by Crippen LogP contribution is 2.39.